The summed E-state index contributed by atoms with van der Waals surface area (Å²) in [5, 5.41) is 3.68. The molecule has 0 bridgehead atoms. The second kappa shape index (κ2) is 5.29. The molecule has 1 heterocycles. The zero-order valence-electron chi connectivity index (χ0n) is 10.8. The molecule has 5 nitrogen and oxygen atoms in total. The van der Waals surface area contributed by atoms with Crippen molar-refractivity contribution >= 4 is 10.0 Å². The Morgan fingerprint density at radius 3 is 2.60 bits per heavy atom. The molecule has 0 aliphatic carbocycles. The summed E-state index contributed by atoms with van der Waals surface area (Å²) in [5.41, 5.74) is 1.09. The van der Waals surface area contributed by atoms with E-state index in [1.165, 1.54) is 0 Å². The number of benzene rings is 1. The van der Waals surface area contributed by atoms with Gasteiger partial charge in [0.1, 0.15) is 22.3 Å². The number of halogens is 2. The van der Waals surface area contributed by atoms with Gasteiger partial charge in [0.25, 0.3) is 0 Å². The predicted octanol–water partition coefficient (Wildman–Crippen LogP) is 2.05. The average molecular weight is 302 g/mol. The van der Waals surface area contributed by atoms with Crippen LogP contribution in [0.2, 0.25) is 0 Å². The van der Waals surface area contributed by atoms with Crippen LogP contribution in [0.3, 0.4) is 0 Å². The predicted molar refractivity (Wildman–Crippen MR) is 66.4 cm³/mol. The summed E-state index contributed by atoms with van der Waals surface area (Å²) in [6.45, 7) is 3.18. The number of hydrogen-bond acceptors (Lipinski definition) is 4. The molecule has 1 aromatic heterocycles. The van der Waals surface area contributed by atoms with Crippen molar-refractivity contribution in [3.8, 4) is 0 Å². The highest BCUT2D eigenvalue weighted by Crippen LogP contribution is 2.17. The Kier molecular flexibility index (Phi) is 3.87. The van der Waals surface area contributed by atoms with E-state index >= 15 is 0 Å². The van der Waals surface area contributed by atoms with E-state index in [2.05, 4.69) is 9.88 Å². The van der Waals surface area contributed by atoms with Gasteiger partial charge in [-0.3, -0.25) is 0 Å². The highest BCUT2D eigenvalue weighted by molar-refractivity contribution is 7.89. The van der Waals surface area contributed by atoms with Crippen molar-refractivity contribution in [2.75, 3.05) is 0 Å². The molecule has 0 aliphatic rings. The number of hydrogen-bond donors (Lipinski definition) is 1. The number of sulfonamides is 1. The van der Waals surface area contributed by atoms with Gasteiger partial charge in [0.2, 0.25) is 10.0 Å². The summed E-state index contributed by atoms with van der Waals surface area (Å²) in [6.07, 6.45) is 0. The van der Waals surface area contributed by atoms with Crippen LogP contribution in [0.1, 0.15) is 17.0 Å². The third kappa shape index (κ3) is 2.86. The normalized spacial score (nSPS) is 11.8. The van der Waals surface area contributed by atoms with Gasteiger partial charge in [-0.1, -0.05) is 5.16 Å². The summed E-state index contributed by atoms with van der Waals surface area (Å²) >= 11 is 0. The number of nitrogens with one attached hydrogen (secondary N) is 1. The van der Waals surface area contributed by atoms with E-state index in [1.807, 2.05) is 0 Å². The first-order valence-corrected chi connectivity index (χ1v) is 7.16. The van der Waals surface area contributed by atoms with Crippen LogP contribution in [0.5, 0.6) is 0 Å². The Balaban J connectivity index is 2.26. The van der Waals surface area contributed by atoms with Crippen molar-refractivity contribution < 1.29 is 21.7 Å². The summed E-state index contributed by atoms with van der Waals surface area (Å²) < 4.78 is 57.5. The zero-order chi connectivity index (χ0) is 14.9. The molecule has 0 spiro atoms. The highest BCUT2D eigenvalue weighted by Gasteiger charge is 2.21. The first-order valence-electron chi connectivity index (χ1n) is 5.67. The molecular formula is C12H12F2N2O3S. The van der Waals surface area contributed by atoms with Crippen molar-refractivity contribution in [3.05, 3.63) is 46.9 Å². The molecule has 0 saturated carbocycles. The monoisotopic (exact) mass is 302 g/mol. The minimum atomic E-state index is -4.16. The summed E-state index contributed by atoms with van der Waals surface area (Å²) in [4.78, 5) is -0.732. The molecule has 1 N–H and O–H groups in total. The van der Waals surface area contributed by atoms with E-state index in [9.17, 15) is 17.2 Å². The lowest BCUT2D eigenvalue weighted by atomic mass is 10.2. The maximum absolute atomic E-state index is 13.5. The van der Waals surface area contributed by atoms with Crippen LogP contribution in [0.25, 0.3) is 0 Å². The molecule has 0 unspecified atom stereocenters. The fraction of sp³-hybridized carbons (Fsp3) is 0.250. The van der Waals surface area contributed by atoms with Gasteiger partial charge in [-0.25, -0.2) is 21.9 Å². The van der Waals surface area contributed by atoms with Crippen LogP contribution in [0.15, 0.2) is 27.6 Å². The quantitative estimate of drug-likeness (QED) is 0.938. The Hall–Kier alpha value is -1.80. The molecule has 8 heteroatoms. The van der Waals surface area contributed by atoms with Gasteiger partial charge < -0.3 is 4.52 Å². The summed E-state index contributed by atoms with van der Waals surface area (Å²) in [7, 11) is -4.16. The van der Waals surface area contributed by atoms with Crippen LogP contribution in [-0.4, -0.2) is 13.6 Å². The molecule has 108 valence electrons. The van der Waals surface area contributed by atoms with Crippen LogP contribution in [-0.2, 0) is 16.6 Å². The first kappa shape index (κ1) is 14.6. The van der Waals surface area contributed by atoms with E-state index in [0.717, 1.165) is 12.1 Å². The standard InChI is InChI=1S/C12H12F2N2O3S/c1-7-10(8(2)19-16-7)6-15-20(17,18)12-5-9(13)3-4-11(12)14/h3-5,15H,6H2,1-2H3. The molecule has 0 aliphatic heterocycles. The molecule has 20 heavy (non-hydrogen) atoms. The molecule has 2 aromatic rings. The molecule has 1 aromatic carbocycles. The second-order valence-electron chi connectivity index (χ2n) is 4.20. The van der Waals surface area contributed by atoms with Gasteiger partial charge in [0, 0.05) is 12.1 Å². The topological polar surface area (TPSA) is 72.2 Å². The van der Waals surface area contributed by atoms with Crippen LogP contribution in [0.4, 0.5) is 8.78 Å². The molecule has 0 atom stereocenters. The second-order valence-corrected chi connectivity index (χ2v) is 5.94. The Labute approximate surface area is 114 Å². The van der Waals surface area contributed by atoms with Gasteiger partial charge in [-0.2, -0.15) is 0 Å². The van der Waals surface area contributed by atoms with Gasteiger partial charge in [0.15, 0.2) is 0 Å². The highest BCUT2D eigenvalue weighted by atomic mass is 32.2. The molecule has 0 saturated heterocycles. The minimum absolute atomic E-state index is 0.112. The summed E-state index contributed by atoms with van der Waals surface area (Å²) in [5.74, 6) is -1.38. The number of aryl methyl sites for hydroxylation is 2. The maximum atomic E-state index is 13.5. The van der Waals surface area contributed by atoms with Crippen molar-refractivity contribution in [3.63, 3.8) is 0 Å². The van der Waals surface area contributed by atoms with Gasteiger partial charge in [-0.15, -0.1) is 0 Å². The Bertz CT molecular complexity index is 722. The van der Waals surface area contributed by atoms with Gasteiger partial charge >= 0.3 is 0 Å². The fourth-order valence-corrected chi connectivity index (χ4v) is 2.76. The van der Waals surface area contributed by atoms with Crippen molar-refractivity contribution in [1.82, 2.24) is 9.88 Å². The molecule has 0 radical (unpaired) electrons. The Morgan fingerprint density at radius 1 is 1.30 bits per heavy atom. The van der Waals surface area contributed by atoms with Crippen molar-refractivity contribution in [1.29, 1.82) is 0 Å². The SMILES string of the molecule is Cc1noc(C)c1CNS(=O)(=O)c1cc(F)ccc1F. The third-order valence-corrected chi connectivity index (χ3v) is 4.22. The zero-order valence-corrected chi connectivity index (χ0v) is 11.6. The number of rotatable bonds is 4. The van der Waals surface area contributed by atoms with E-state index in [4.69, 9.17) is 4.52 Å². The van der Waals surface area contributed by atoms with Gasteiger partial charge in [0.05, 0.1) is 5.69 Å². The lowest BCUT2D eigenvalue weighted by Gasteiger charge is -2.07. The van der Waals surface area contributed by atoms with E-state index in [0.29, 0.717) is 23.1 Å². The van der Waals surface area contributed by atoms with E-state index in [-0.39, 0.29) is 6.54 Å². The fourth-order valence-electron chi connectivity index (χ4n) is 1.68. The smallest absolute Gasteiger partial charge is 0.243 e. The van der Waals surface area contributed by atoms with Crippen molar-refractivity contribution in [2.24, 2.45) is 0 Å². The molecule has 0 amide bonds. The maximum Gasteiger partial charge on any atom is 0.243 e. The number of aromatic nitrogens is 1. The van der Waals surface area contributed by atoms with E-state index < -0.39 is 26.6 Å². The largest absolute Gasteiger partial charge is 0.361 e. The third-order valence-electron chi connectivity index (χ3n) is 2.80. The molecule has 0 fully saturated rings. The number of nitrogens with zero attached hydrogens (tertiary/aromatic N) is 1. The lowest BCUT2D eigenvalue weighted by Crippen LogP contribution is -2.24. The lowest BCUT2D eigenvalue weighted by molar-refractivity contribution is 0.392. The average Bonchev–Trinajstić information content (AvgIpc) is 2.69. The van der Waals surface area contributed by atoms with E-state index in [1.54, 1.807) is 13.8 Å². The summed E-state index contributed by atoms with van der Waals surface area (Å²) in [6, 6.07) is 2.24. The molecular weight excluding hydrogens is 290 g/mol. The van der Waals surface area contributed by atoms with Crippen molar-refractivity contribution in [2.45, 2.75) is 25.3 Å². The van der Waals surface area contributed by atoms with Crippen LogP contribution in [0, 0.1) is 25.5 Å². The Morgan fingerprint density at radius 2 is 2.00 bits per heavy atom. The van der Waals surface area contributed by atoms with Gasteiger partial charge in [-0.05, 0) is 32.0 Å². The van der Waals surface area contributed by atoms with Crippen LogP contribution >= 0.6 is 0 Å². The minimum Gasteiger partial charge on any atom is -0.361 e. The first-order chi connectivity index (χ1) is 9.31. The van der Waals surface area contributed by atoms with Crippen LogP contribution < -0.4 is 4.72 Å². The molecule has 2 rings (SSSR count).